The third-order valence-electron chi connectivity index (χ3n) is 2.87. The number of amides is 1. The Balaban J connectivity index is 2.38. The fraction of sp³-hybridized carbons (Fsp3) is 0.308. The lowest BCUT2D eigenvalue weighted by Crippen LogP contribution is -2.22. The smallest absolute Gasteiger partial charge is 0.216 e. The van der Waals surface area contributed by atoms with Crippen molar-refractivity contribution in [1.82, 2.24) is 10.3 Å². The summed E-state index contributed by atoms with van der Waals surface area (Å²) in [6, 6.07) is 1.19. The van der Waals surface area contributed by atoms with E-state index in [2.05, 4.69) is 10.3 Å². The average molecular weight is 268 g/mol. The zero-order chi connectivity index (χ0) is 14.0. The molecule has 0 atom stereocenters. The summed E-state index contributed by atoms with van der Waals surface area (Å²) >= 11 is 0. The van der Waals surface area contributed by atoms with Crippen LogP contribution in [0.1, 0.15) is 12.5 Å². The van der Waals surface area contributed by atoms with Crippen molar-refractivity contribution in [2.45, 2.75) is 13.3 Å². The van der Waals surface area contributed by atoms with Crippen molar-refractivity contribution in [3.05, 3.63) is 29.5 Å². The van der Waals surface area contributed by atoms with Gasteiger partial charge < -0.3 is 15.0 Å². The van der Waals surface area contributed by atoms with Gasteiger partial charge in [0.05, 0.1) is 12.6 Å². The lowest BCUT2D eigenvalue weighted by molar-refractivity contribution is -0.118. The number of fused-ring (bicyclic) bond motifs is 1. The molecule has 1 heterocycles. The van der Waals surface area contributed by atoms with E-state index in [1.54, 1.807) is 6.20 Å². The Hall–Kier alpha value is -2.11. The standard InChI is InChI=1S/C13H14F2N2O2/c1-7(18)16-4-3-8-6-17-10-5-9(14)13(19-2)12(15)11(8)10/h5-6,17H,3-4H2,1-2H3,(H,16,18). The zero-order valence-electron chi connectivity index (χ0n) is 10.6. The molecule has 2 rings (SSSR count). The largest absolute Gasteiger partial charge is 0.491 e. The fourth-order valence-electron chi connectivity index (χ4n) is 2.02. The second-order valence-corrected chi connectivity index (χ2v) is 4.18. The van der Waals surface area contributed by atoms with Crippen molar-refractivity contribution in [2.24, 2.45) is 0 Å². The van der Waals surface area contributed by atoms with Gasteiger partial charge in [-0.1, -0.05) is 0 Å². The molecule has 2 aromatic rings. The molecule has 2 N–H and O–H groups in total. The highest BCUT2D eigenvalue weighted by molar-refractivity contribution is 5.85. The number of ether oxygens (including phenoxy) is 1. The van der Waals surface area contributed by atoms with E-state index >= 15 is 0 Å². The zero-order valence-corrected chi connectivity index (χ0v) is 10.6. The molecule has 0 saturated heterocycles. The molecule has 0 spiro atoms. The van der Waals surface area contributed by atoms with E-state index in [0.29, 0.717) is 29.4 Å². The van der Waals surface area contributed by atoms with Crippen LogP contribution in [0.5, 0.6) is 5.75 Å². The Kier molecular flexibility index (Phi) is 3.69. The summed E-state index contributed by atoms with van der Waals surface area (Å²) in [7, 11) is 1.22. The Bertz CT molecular complexity index is 623. The first-order valence-corrected chi connectivity index (χ1v) is 5.81. The summed E-state index contributed by atoms with van der Waals surface area (Å²) in [5.74, 6) is -2.02. The van der Waals surface area contributed by atoms with Crippen LogP contribution in [-0.4, -0.2) is 24.5 Å². The highest BCUT2D eigenvalue weighted by atomic mass is 19.1. The first kappa shape index (κ1) is 13.3. The van der Waals surface area contributed by atoms with E-state index in [9.17, 15) is 13.6 Å². The quantitative estimate of drug-likeness (QED) is 0.892. The van der Waals surface area contributed by atoms with E-state index < -0.39 is 17.4 Å². The summed E-state index contributed by atoms with van der Waals surface area (Å²) in [6.07, 6.45) is 2.06. The highest BCUT2D eigenvalue weighted by Crippen LogP contribution is 2.31. The van der Waals surface area contributed by atoms with Crippen LogP contribution in [0.4, 0.5) is 8.78 Å². The first-order valence-electron chi connectivity index (χ1n) is 5.81. The van der Waals surface area contributed by atoms with Gasteiger partial charge in [-0.2, -0.15) is 0 Å². The maximum Gasteiger partial charge on any atom is 0.216 e. The number of carbonyl (C=O) groups is 1. The predicted octanol–water partition coefficient (Wildman–Crippen LogP) is 2.13. The van der Waals surface area contributed by atoms with E-state index in [-0.39, 0.29) is 5.91 Å². The van der Waals surface area contributed by atoms with Crippen LogP contribution in [0.3, 0.4) is 0 Å². The molecular formula is C13H14F2N2O2. The fourth-order valence-corrected chi connectivity index (χ4v) is 2.02. The van der Waals surface area contributed by atoms with E-state index in [4.69, 9.17) is 4.74 Å². The van der Waals surface area contributed by atoms with Crippen molar-refractivity contribution in [2.75, 3.05) is 13.7 Å². The van der Waals surface area contributed by atoms with Gasteiger partial charge in [0.2, 0.25) is 5.91 Å². The number of halogens is 2. The topological polar surface area (TPSA) is 54.1 Å². The molecule has 0 bridgehead atoms. The van der Waals surface area contributed by atoms with Crippen molar-refractivity contribution >= 4 is 16.8 Å². The van der Waals surface area contributed by atoms with Crippen molar-refractivity contribution in [1.29, 1.82) is 0 Å². The summed E-state index contributed by atoms with van der Waals surface area (Å²) in [6.45, 7) is 1.80. The first-order chi connectivity index (χ1) is 9.04. The van der Waals surface area contributed by atoms with Crippen LogP contribution in [0.2, 0.25) is 0 Å². The number of benzene rings is 1. The molecule has 102 valence electrons. The van der Waals surface area contributed by atoms with Crippen LogP contribution < -0.4 is 10.1 Å². The summed E-state index contributed by atoms with van der Waals surface area (Å²) in [5, 5.41) is 2.92. The number of rotatable bonds is 4. The van der Waals surface area contributed by atoms with Gasteiger partial charge in [0.25, 0.3) is 0 Å². The Morgan fingerprint density at radius 2 is 2.21 bits per heavy atom. The molecule has 0 fully saturated rings. The van der Waals surface area contributed by atoms with Crippen molar-refractivity contribution < 1.29 is 18.3 Å². The summed E-state index contributed by atoms with van der Waals surface area (Å²) in [4.78, 5) is 13.6. The van der Waals surface area contributed by atoms with Gasteiger partial charge in [0.1, 0.15) is 0 Å². The Morgan fingerprint density at radius 1 is 1.47 bits per heavy atom. The van der Waals surface area contributed by atoms with Gasteiger partial charge >= 0.3 is 0 Å². The minimum atomic E-state index is -0.747. The van der Waals surface area contributed by atoms with Gasteiger partial charge in [0, 0.05) is 31.1 Å². The molecule has 0 radical (unpaired) electrons. The number of H-pyrrole nitrogens is 1. The van der Waals surface area contributed by atoms with Crippen LogP contribution in [0.25, 0.3) is 10.9 Å². The second-order valence-electron chi connectivity index (χ2n) is 4.18. The number of hydrogen-bond acceptors (Lipinski definition) is 2. The van der Waals surface area contributed by atoms with Gasteiger partial charge in [0.15, 0.2) is 17.4 Å². The van der Waals surface area contributed by atoms with Crippen LogP contribution in [0.15, 0.2) is 12.3 Å². The summed E-state index contributed by atoms with van der Waals surface area (Å²) in [5.41, 5.74) is 1.04. The maximum atomic E-state index is 14.1. The third kappa shape index (κ3) is 2.52. The molecular weight excluding hydrogens is 254 g/mol. The molecule has 19 heavy (non-hydrogen) atoms. The van der Waals surface area contributed by atoms with E-state index in [0.717, 1.165) is 0 Å². The van der Waals surface area contributed by atoms with Crippen molar-refractivity contribution in [3.63, 3.8) is 0 Å². The monoisotopic (exact) mass is 268 g/mol. The molecule has 0 aliphatic rings. The molecule has 0 saturated carbocycles. The molecule has 1 aromatic carbocycles. The van der Waals surface area contributed by atoms with E-state index in [1.807, 2.05) is 0 Å². The van der Waals surface area contributed by atoms with Gasteiger partial charge in [-0.3, -0.25) is 4.79 Å². The highest BCUT2D eigenvalue weighted by Gasteiger charge is 2.18. The molecule has 4 nitrogen and oxygen atoms in total. The maximum absolute atomic E-state index is 14.1. The lowest BCUT2D eigenvalue weighted by atomic mass is 10.1. The summed E-state index contributed by atoms with van der Waals surface area (Å²) < 4.78 is 32.4. The molecule has 1 amide bonds. The molecule has 0 aliphatic carbocycles. The van der Waals surface area contributed by atoms with Crippen molar-refractivity contribution in [3.8, 4) is 5.75 Å². The number of aromatic nitrogens is 1. The molecule has 0 aliphatic heterocycles. The SMILES string of the molecule is COc1c(F)cc2[nH]cc(CCNC(C)=O)c2c1F. The second kappa shape index (κ2) is 5.26. The minimum absolute atomic E-state index is 0.149. The van der Waals surface area contributed by atoms with Gasteiger partial charge in [-0.15, -0.1) is 0 Å². The number of aromatic amines is 1. The Morgan fingerprint density at radius 3 is 2.84 bits per heavy atom. The molecule has 1 aromatic heterocycles. The van der Waals surface area contributed by atoms with Crippen LogP contribution >= 0.6 is 0 Å². The van der Waals surface area contributed by atoms with Gasteiger partial charge in [-0.25, -0.2) is 8.78 Å². The number of hydrogen-bond donors (Lipinski definition) is 2. The normalized spacial score (nSPS) is 10.7. The molecule has 6 heteroatoms. The third-order valence-corrected chi connectivity index (χ3v) is 2.87. The van der Waals surface area contributed by atoms with E-state index in [1.165, 1.54) is 20.1 Å². The Labute approximate surface area is 108 Å². The number of methoxy groups -OCH3 is 1. The lowest BCUT2D eigenvalue weighted by Gasteiger charge is -2.06. The van der Waals surface area contributed by atoms with Crippen LogP contribution in [0, 0.1) is 11.6 Å². The van der Waals surface area contributed by atoms with Gasteiger partial charge in [-0.05, 0) is 12.0 Å². The minimum Gasteiger partial charge on any atom is -0.491 e. The number of nitrogens with one attached hydrogen (secondary N) is 2. The number of carbonyl (C=O) groups excluding carboxylic acids is 1. The molecule has 0 unspecified atom stereocenters. The predicted molar refractivity (Wildman–Crippen MR) is 67.2 cm³/mol. The average Bonchev–Trinajstić information content (AvgIpc) is 2.72. The van der Waals surface area contributed by atoms with Crippen LogP contribution in [-0.2, 0) is 11.2 Å².